The summed E-state index contributed by atoms with van der Waals surface area (Å²) in [6, 6.07) is 18.9. The number of likely N-dealkylation sites (tertiary alicyclic amines) is 1. The van der Waals surface area contributed by atoms with Gasteiger partial charge in [-0.15, -0.1) is 0 Å². The van der Waals surface area contributed by atoms with Crippen LogP contribution in [0.5, 0.6) is 0 Å². The fourth-order valence-corrected chi connectivity index (χ4v) is 4.94. The molecule has 4 heteroatoms. The normalized spacial score (nSPS) is 21.7. The second kappa shape index (κ2) is 8.63. The van der Waals surface area contributed by atoms with E-state index in [-0.39, 0.29) is 17.7 Å². The van der Waals surface area contributed by atoms with Crippen molar-refractivity contribution >= 4 is 11.8 Å². The Morgan fingerprint density at radius 1 is 0.967 bits per heavy atom. The predicted molar refractivity (Wildman–Crippen MR) is 120 cm³/mol. The van der Waals surface area contributed by atoms with E-state index < -0.39 is 5.41 Å². The largest absolute Gasteiger partial charge is 0.348 e. The van der Waals surface area contributed by atoms with E-state index >= 15 is 0 Å². The van der Waals surface area contributed by atoms with Crippen LogP contribution in [0.1, 0.15) is 37.7 Å². The van der Waals surface area contributed by atoms with E-state index in [1.165, 1.54) is 11.1 Å². The van der Waals surface area contributed by atoms with Crippen molar-refractivity contribution in [1.82, 2.24) is 9.80 Å². The highest BCUT2D eigenvalue weighted by molar-refractivity contribution is 5.85. The SMILES string of the molecule is CN(C)C(=O)[C@]1(Cc2ccc(-c3ccccc3)cc2)CCCN(C(=O)C2CCC2)C1. The van der Waals surface area contributed by atoms with Gasteiger partial charge in [0.25, 0.3) is 0 Å². The minimum Gasteiger partial charge on any atom is -0.348 e. The molecule has 0 bridgehead atoms. The summed E-state index contributed by atoms with van der Waals surface area (Å²) >= 11 is 0. The van der Waals surface area contributed by atoms with Gasteiger partial charge >= 0.3 is 0 Å². The van der Waals surface area contributed by atoms with Crippen LogP contribution in [0.3, 0.4) is 0 Å². The van der Waals surface area contributed by atoms with Gasteiger partial charge in [-0.3, -0.25) is 9.59 Å². The van der Waals surface area contributed by atoms with Crippen molar-refractivity contribution in [3.8, 4) is 11.1 Å². The third kappa shape index (κ3) is 4.14. The quantitative estimate of drug-likeness (QED) is 0.741. The molecule has 0 radical (unpaired) electrons. The summed E-state index contributed by atoms with van der Waals surface area (Å²) in [4.78, 5) is 29.9. The first-order valence-electron chi connectivity index (χ1n) is 11.1. The van der Waals surface area contributed by atoms with Crippen LogP contribution in [-0.2, 0) is 16.0 Å². The maximum Gasteiger partial charge on any atom is 0.230 e. The Bertz CT molecular complexity index is 887. The molecule has 0 unspecified atom stereocenters. The number of hydrogen-bond acceptors (Lipinski definition) is 2. The first kappa shape index (κ1) is 20.6. The summed E-state index contributed by atoms with van der Waals surface area (Å²) < 4.78 is 0. The van der Waals surface area contributed by atoms with Crippen LogP contribution in [0.15, 0.2) is 54.6 Å². The third-order valence-electron chi connectivity index (χ3n) is 6.81. The maximum absolute atomic E-state index is 13.3. The number of hydrogen-bond donors (Lipinski definition) is 0. The maximum atomic E-state index is 13.3. The van der Waals surface area contributed by atoms with Crippen LogP contribution < -0.4 is 0 Å². The van der Waals surface area contributed by atoms with Crippen LogP contribution in [0.2, 0.25) is 0 Å². The Morgan fingerprint density at radius 2 is 1.63 bits per heavy atom. The summed E-state index contributed by atoms with van der Waals surface area (Å²) in [7, 11) is 3.66. The van der Waals surface area contributed by atoms with E-state index in [1.807, 2.05) is 37.2 Å². The van der Waals surface area contributed by atoms with Gasteiger partial charge in [0.15, 0.2) is 0 Å². The van der Waals surface area contributed by atoms with Crippen molar-refractivity contribution in [3.63, 3.8) is 0 Å². The number of amides is 2. The van der Waals surface area contributed by atoms with Gasteiger partial charge in [-0.2, -0.15) is 0 Å². The summed E-state index contributed by atoms with van der Waals surface area (Å²) in [5, 5.41) is 0. The van der Waals surface area contributed by atoms with Gasteiger partial charge in [0.2, 0.25) is 11.8 Å². The van der Waals surface area contributed by atoms with E-state index in [4.69, 9.17) is 0 Å². The lowest BCUT2D eigenvalue weighted by Gasteiger charge is -2.44. The van der Waals surface area contributed by atoms with E-state index in [0.29, 0.717) is 13.0 Å². The summed E-state index contributed by atoms with van der Waals surface area (Å²) in [6.07, 6.45) is 5.56. The molecule has 4 rings (SSSR count). The van der Waals surface area contributed by atoms with Crippen molar-refractivity contribution in [2.75, 3.05) is 27.2 Å². The molecule has 2 aliphatic rings. The van der Waals surface area contributed by atoms with E-state index in [1.54, 1.807) is 4.90 Å². The monoisotopic (exact) mass is 404 g/mol. The zero-order chi connectivity index (χ0) is 21.1. The van der Waals surface area contributed by atoms with Crippen molar-refractivity contribution in [3.05, 3.63) is 60.2 Å². The molecule has 1 aliphatic carbocycles. The van der Waals surface area contributed by atoms with E-state index in [0.717, 1.165) is 44.2 Å². The average Bonchev–Trinajstić information content (AvgIpc) is 2.73. The molecule has 2 aromatic rings. The molecule has 1 aliphatic heterocycles. The van der Waals surface area contributed by atoms with Gasteiger partial charge in [-0.1, -0.05) is 61.0 Å². The number of benzene rings is 2. The molecule has 2 amide bonds. The number of piperidine rings is 1. The molecule has 1 atom stereocenters. The Kier molecular flexibility index (Phi) is 5.94. The fourth-order valence-electron chi connectivity index (χ4n) is 4.94. The molecule has 1 saturated heterocycles. The van der Waals surface area contributed by atoms with Gasteiger partial charge in [-0.25, -0.2) is 0 Å². The molecule has 0 aromatic heterocycles. The van der Waals surface area contributed by atoms with Crippen LogP contribution in [0.4, 0.5) is 0 Å². The number of nitrogens with zero attached hydrogens (tertiary/aromatic N) is 2. The predicted octanol–water partition coefficient (Wildman–Crippen LogP) is 4.39. The van der Waals surface area contributed by atoms with E-state index in [2.05, 4.69) is 36.4 Å². The van der Waals surface area contributed by atoms with Crippen LogP contribution in [0.25, 0.3) is 11.1 Å². The molecule has 0 N–H and O–H groups in total. The smallest absolute Gasteiger partial charge is 0.230 e. The topological polar surface area (TPSA) is 40.6 Å². The Hall–Kier alpha value is -2.62. The fraction of sp³-hybridized carbons (Fsp3) is 0.462. The van der Waals surface area contributed by atoms with Crippen LogP contribution in [0, 0.1) is 11.3 Å². The highest BCUT2D eigenvalue weighted by atomic mass is 16.2. The molecule has 2 fully saturated rings. The Labute approximate surface area is 179 Å². The Morgan fingerprint density at radius 3 is 2.23 bits per heavy atom. The van der Waals surface area contributed by atoms with Crippen LogP contribution in [-0.4, -0.2) is 48.8 Å². The average molecular weight is 405 g/mol. The zero-order valence-electron chi connectivity index (χ0n) is 18.1. The van der Waals surface area contributed by atoms with Gasteiger partial charge in [-0.05, 0) is 48.8 Å². The second-order valence-corrected chi connectivity index (χ2v) is 9.21. The lowest BCUT2D eigenvalue weighted by atomic mass is 9.73. The first-order valence-corrected chi connectivity index (χ1v) is 11.1. The van der Waals surface area contributed by atoms with Crippen molar-refractivity contribution in [1.29, 1.82) is 0 Å². The number of rotatable bonds is 5. The molecule has 4 nitrogen and oxygen atoms in total. The number of carbonyl (C=O) groups excluding carboxylic acids is 2. The van der Waals surface area contributed by atoms with Crippen molar-refractivity contribution < 1.29 is 9.59 Å². The molecular weight excluding hydrogens is 372 g/mol. The van der Waals surface area contributed by atoms with Gasteiger partial charge < -0.3 is 9.80 Å². The van der Waals surface area contributed by atoms with E-state index in [9.17, 15) is 9.59 Å². The second-order valence-electron chi connectivity index (χ2n) is 9.21. The minimum atomic E-state index is -0.532. The molecule has 1 saturated carbocycles. The first-order chi connectivity index (χ1) is 14.5. The summed E-state index contributed by atoms with van der Waals surface area (Å²) in [6.45, 7) is 1.32. The summed E-state index contributed by atoms with van der Waals surface area (Å²) in [5.74, 6) is 0.581. The zero-order valence-corrected chi connectivity index (χ0v) is 18.1. The molecular formula is C26H32N2O2. The van der Waals surface area contributed by atoms with Gasteiger partial charge in [0.05, 0.1) is 5.41 Å². The minimum absolute atomic E-state index is 0.140. The van der Waals surface area contributed by atoms with Crippen molar-refractivity contribution in [2.45, 2.75) is 38.5 Å². The summed E-state index contributed by atoms with van der Waals surface area (Å²) in [5.41, 5.74) is 2.99. The molecule has 158 valence electrons. The Balaban J connectivity index is 1.56. The third-order valence-corrected chi connectivity index (χ3v) is 6.81. The lowest BCUT2D eigenvalue weighted by molar-refractivity contribution is -0.150. The molecule has 0 spiro atoms. The van der Waals surface area contributed by atoms with Crippen LogP contribution >= 0.6 is 0 Å². The molecule has 2 aromatic carbocycles. The standard InChI is InChI=1S/C26H32N2O2/c1-27(2)25(30)26(16-7-17-28(19-26)24(29)23-10-6-11-23)18-20-12-14-22(15-13-20)21-8-4-3-5-9-21/h3-5,8-9,12-15,23H,6-7,10-11,16-19H2,1-2H3/t26-/m0/s1. The molecule has 30 heavy (non-hydrogen) atoms. The van der Waals surface area contributed by atoms with Gasteiger partial charge in [0, 0.05) is 33.1 Å². The highest BCUT2D eigenvalue weighted by Crippen LogP contribution is 2.38. The highest BCUT2D eigenvalue weighted by Gasteiger charge is 2.45. The lowest BCUT2D eigenvalue weighted by Crippen LogP contribution is -2.55. The van der Waals surface area contributed by atoms with Crippen molar-refractivity contribution in [2.24, 2.45) is 11.3 Å². The van der Waals surface area contributed by atoms with Gasteiger partial charge in [0.1, 0.15) is 0 Å². The molecule has 1 heterocycles. The number of carbonyl (C=O) groups is 2.